The van der Waals surface area contributed by atoms with Gasteiger partial charge in [-0.15, -0.1) is 0 Å². The highest BCUT2D eigenvalue weighted by Gasteiger charge is 2.40. The second kappa shape index (κ2) is 6.29. The molecule has 0 bridgehead atoms. The summed E-state index contributed by atoms with van der Waals surface area (Å²) >= 11 is 0. The van der Waals surface area contributed by atoms with E-state index in [-0.39, 0.29) is 6.09 Å². The molecule has 2 fully saturated rings. The van der Waals surface area contributed by atoms with Gasteiger partial charge in [0.15, 0.2) is 0 Å². The van der Waals surface area contributed by atoms with E-state index in [4.69, 9.17) is 4.74 Å². The van der Waals surface area contributed by atoms with Gasteiger partial charge in [-0.2, -0.15) is 0 Å². The van der Waals surface area contributed by atoms with E-state index < -0.39 is 0 Å². The minimum Gasteiger partial charge on any atom is -0.410 e. The van der Waals surface area contributed by atoms with Crippen molar-refractivity contribution < 1.29 is 9.53 Å². The van der Waals surface area contributed by atoms with Gasteiger partial charge in [0.25, 0.3) is 0 Å². The Morgan fingerprint density at radius 3 is 2.77 bits per heavy atom. The predicted octanol–water partition coefficient (Wildman–Crippen LogP) is 3.68. The molecule has 1 heterocycles. The Bertz CT molecular complexity index is 544. The number of hydrogen-bond donors (Lipinski definition) is 0. The average Bonchev–Trinajstić information content (AvgIpc) is 2.85. The van der Waals surface area contributed by atoms with Crippen LogP contribution in [-0.4, -0.2) is 43.1 Å². The van der Waals surface area contributed by atoms with Gasteiger partial charge in [-0.25, -0.2) is 4.79 Å². The van der Waals surface area contributed by atoms with Crippen LogP contribution in [0.1, 0.15) is 43.7 Å². The lowest BCUT2D eigenvalue weighted by Gasteiger charge is -2.30. The second-order valence-corrected chi connectivity index (χ2v) is 6.86. The average molecular weight is 302 g/mol. The van der Waals surface area contributed by atoms with Gasteiger partial charge in [-0.3, -0.25) is 4.90 Å². The van der Waals surface area contributed by atoms with Gasteiger partial charge in [-0.1, -0.05) is 25.0 Å². The molecule has 1 aromatic rings. The quantitative estimate of drug-likeness (QED) is 0.835. The Labute approximate surface area is 133 Å². The maximum Gasteiger partial charge on any atom is 0.414 e. The number of rotatable bonds is 2. The fourth-order valence-electron chi connectivity index (χ4n) is 4.03. The lowest BCUT2D eigenvalue weighted by molar-refractivity contribution is 0.171. The first-order valence-electron chi connectivity index (χ1n) is 8.27. The summed E-state index contributed by atoms with van der Waals surface area (Å²) in [5.41, 5.74) is 1.26. The molecule has 0 radical (unpaired) electrons. The van der Waals surface area contributed by atoms with Gasteiger partial charge in [0, 0.05) is 26.2 Å². The van der Waals surface area contributed by atoms with E-state index in [1.165, 1.54) is 42.6 Å². The Morgan fingerprint density at radius 1 is 1.27 bits per heavy atom. The molecule has 1 aromatic carbocycles. The summed E-state index contributed by atoms with van der Waals surface area (Å²) in [5.74, 6) is 1.47. The van der Waals surface area contributed by atoms with E-state index in [1.807, 2.05) is 18.2 Å². The van der Waals surface area contributed by atoms with Crippen LogP contribution in [-0.2, 0) is 0 Å². The third-order valence-electron chi connectivity index (χ3n) is 5.22. The van der Waals surface area contributed by atoms with Gasteiger partial charge < -0.3 is 9.64 Å². The highest BCUT2D eigenvalue weighted by molar-refractivity contribution is 5.70. The summed E-state index contributed by atoms with van der Waals surface area (Å²) in [4.78, 5) is 15.7. The van der Waals surface area contributed by atoms with E-state index in [0.29, 0.717) is 11.8 Å². The normalized spacial score (nSPS) is 28.2. The summed E-state index contributed by atoms with van der Waals surface area (Å²) in [6.45, 7) is 0. The van der Waals surface area contributed by atoms with Crippen LogP contribution in [0.15, 0.2) is 24.3 Å². The van der Waals surface area contributed by atoms with Crippen molar-refractivity contribution in [3.8, 4) is 5.75 Å². The van der Waals surface area contributed by atoms with E-state index in [0.717, 1.165) is 12.0 Å². The molecule has 0 N–H and O–H groups in total. The molecule has 0 aromatic heterocycles. The molecule has 1 aliphatic carbocycles. The minimum absolute atomic E-state index is 0.328. The van der Waals surface area contributed by atoms with Gasteiger partial charge in [0.1, 0.15) is 5.75 Å². The number of amides is 1. The Kier molecular flexibility index (Phi) is 4.39. The van der Waals surface area contributed by atoms with Gasteiger partial charge in [0.05, 0.1) is 0 Å². The number of likely N-dealkylation sites (tertiary alicyclic amines) is 1. The molecule has 2 aliphatic rings. The predicted molar refractivity (Wildman–Crippen MR) is 87.0 cm³/mol. The van der Waals surface area contributed by atoms with Crippen molar-refractivity contribution in [1.82, 2.24) is 9.80 Å². The number of nitrogens with zero attached hydrogens (tertiary/aromatic N) is 2. The van der Waals surface area contributed by atoms with Crippen LogP contribution >= 0.6 is 0 Å². The topological polar surface area (TPSA) is 32.8 Å². The maximum absolute atomic E-state index is 11.7. The zero-order valence-corrected chi connectivity index (χ0v) is 13.8. The van der Waals surface area contributed by atoms with Crippen LogP contribution in [0.5, 0.6) is 5.75 Å². The molecule has 4 nitrogen and oxygen atoms in total. The lowest BCUT2D eigenvalue weighted by atomic mass is 9.84. The van der Waals surface area contributed by atoms with Crippen LogP contribution in [0.2, 0.25) is 0 Å². The molecular weight excluding hydrogens is 276 g/mol. The molecule has 120 valence electrons. The second-order valence-electron chi connectivity index (χ2n) is 6.86. The first-order chi connectivity index (χ1) is 10.6. The van der Waals surface area contributed by atoms with Crippen LogP contribution in [0.3, 0.4) is 0 Å². The van der Waals surface area contributed by atoms with Crippen molar-refractivity contribution in [2.24, 2.45) is 5.92 Å². The first kappa shape index (κ1) is 15.3. The summed E-state index contributed by atoms with van der Waals surface area (Å²) < 4.78 is 5.40. The third kappa shape index (κ3) is 2.98. The molecule has 3 rings (SSSR count). The number of carbonyl (C=O) groups is 1. The van der Waals surface area contributed by atoms with E-state index >= 15 is 0 Å². The number of hydrogen-bond acceptors (Lipinski definition) is 3. The highest BCUT2D eigenvalue weighted by Crippen LogP contribution is 2.45. The standard InChI is InChI=1S/C18H26N2O2/c1-19(2)18(21)22-15-9-6-8-13(11-15)17-12-14-7-4-5-10-16(14)20(17)3/h6,8-9,11,14,16-17H,4-5,7,10,12H2,1-3H3. The molecule has 0 spiro atoms. The monoisotopic (exact) mass is 302 g/mol. The molecule has 1 amide bonds. The highest BCUT2D eigenvalue weighted by atomic mass is 16.6. The van der Waals surface area contributed by atoms with Crippen molar-refractivity contribution >= 4 is 6.09 Å². The molecule has 3 unspecified atom stereocenters. The van der Waals surface area contributed by atoms with E-state index in [2.05, 4.69) is 18.0 Å². The maximum atomic E-state index is 11.7. The molecule has 4 heteroatoms. The number of fused-ring (bicyclic) bond motifs is 1. The van der Waals surface area contributed by atoms with Crippen molar-refractivity contribution in [1.29, 1.82) is 0 Å². The molecule has 1 saturated carbocycles. The van der Waals surface area contributed by atoms with E-state index in [1.54, 1.807) is 14.1 Å². The lowest BCUT2D eigenvalue weighted by Crippen LogP contribution is -2.32. The summed E-state index contributed by atoms with van der Waals surface area (Å²) in [6, 6.07) is 9.21. The van der Waals surface area contributed by atoms with Crippen molar-refractivity contribution in [3.05, 3.63) is 29.8 Å². The van der Waals surface area contributed by atoms with Gasteiger partial charge in [-0.05, 0) is 49.9 Å². The SMILES string of the molecule is CN(C)C(=O)Oc1cccc(C2CC3CCCCC3N2C)c1. The Morgan fingerprint density at radius 2 is 2.05 bits per heavy atom. The number of ether oxygens (including phenoxy) is 1. The van der Waals surface area contributed by atoms with Gasteiger partial charge in [0.2, 0.25) is 0 Å². The van der Waals surface area contributed by atoms with Crippen molar-refractivity contribution in [2.45, 2.75) is 44.2 Å². The van der Waals surface area contributed by atoms with Crippen molar-refractivity contribution in [2.75, 3.05) is 21.1 Å². The summed E-state index contributed by atoms with van der Waals surface area (Å²) in [7, 11) is 5.64. The van der Waals surface area contributed by atoms with Crippen LogP contribution < -0.4 is 4.74 Å². The molecule has 22 heavy (non-hydrogen) atoms. The molecule has 1 aliphatic heterocycles. The third-order valence-corrected chi connectivity index (χ3v) is 5.22. The molecule has 1 saturated heterocycles. The van der Waals surface area contributed by atoms with Crippen molar-refractivity contribution in [3.63, 3.8) is 0 Å². The zero-order valence-electron chi connectivity index (χ0n) is 13.8. The Hall–Kier alpha value is -1.55. The molecular formula is C18H26N2O2. The fourth-order valence-corrected chi connectivity index (χ4v) is 4.03. The first-order valence-corrected chi connectivity index (χ1v) is 8.27. The smallest absolute Gasteiger partial charge is 0.410 e. The summed E-state index contributed by atoms with van der Waals surface area (Å²) in [6.07, 6.45) is 6.33. The molecule has 3 atom stereocenters. The zero-order chi connectivity index (χ0) is 15.7. The van der Waals surface area contributed by atoms with Gasteiger partial charge >= 0.3 is 6.09 Å². The summed E-state index contributed by atoms with van der Waals surface area (Å²) in [5, 5.41) is 0. The van der Waals surface area contributed by atoms with Crippen LogP contribution in [0.4, 0.5) is 4.79 Å². The number of carbonyl (C=O) groups excluding carboxylic acids is 1. The minimum atomic E-state index is -0.328. The van der Waals surface area contributed by atoms with E-state index in [9.17, 15) is 4.79 Å². The number of benzene rings is 1. The Balaban J connectivity index is 1.76. The van der Waals surface area contributed by atoms with Crippen LogP contribution in [0, 0.1) is 5.92 Å². The van der Waals surface area contributed by atoms with Crippen LogP contribution in [0.25, 0.3) is 0 Å². The fraction of sp³-hybridized carbons (Fsp3) is 0.611. The largest absolute Gasteiger partial charge is 0.414 e.